The Morgan fingerprint density at radius 2 is 1.01 bits per heavy atom. The maximum atomic E-state index is 12.6. The molecular formula is C48H60N8O14P2-2. The number of benzene rings is 2. The number of fused-ring (bicyclic) bond motifs is 4. The summed E-state index contributed by atoms with van der Waals surface area (Å²) in [6.07, 6.45) is 9.98. The molecule has 0 aliphatic carbocycles. The maximum absolute atomic E-state index is 12.6. The molecule has 0 fully saturated rings. The number of rotatable bonds is 14. The number of likely N-dealkylation sites (N-methyl/N-ethyl adjacent to an activating group) is 2. The van der Waals surface area contributed by atoms with Crippen LogP contribution in [0.1, 0.15) is 72.6 Å². The van der Waals surface area contributed by atoms with Crippen molar-refractivity contribution in [3.05, 3.63) is 130 Å². The zero-order valence-corrected chi connectivity index (χ0v) is 41.0. The highest BCUT2D eigenvalue weighted by Crippen LogP contribution is 2.33. The van der Waals surface area contributed by atoms with Gasteiger partial charge >= 0.3 is 0 Å². The fourth-order valence-electron chi connectivity index (χ4n) is 7.52. The van der Waals surface area contributed by atoms with Crippen molar-refractivity contribution in [2.75, 3.05) is 37.4 Å². The van der Waals surface area contributed by atoms with E-state index in [1.54, 1.807) is 38.4 Å². The Bertz CT molecular complexity index is 2870. The van der Waals surface area contributed by atoms with Crippen LogP contribution in [0.25, 0.3) is 34.1 Å². The van der Waals surface area contributed by atoms with E-state index in [-0.39, 0.29) is 63.4 Å². The number of furan rings is 2. The van der Waals surface area contributed by atoms with Crippen molar-refractivity contribution >= 4 is 85.0 Å². The second-order valence-electron chi connectivity index (χ2n) is 15.9. The van der Waals surface area contributed by atoms with Gasteiger partial charge < -0.3 is 68.7 Å². The van der Waals surface area contributed by atoms with E-state index in [2.05, 4.69) is 19.0 Å². The van der Waals surface area contributed by atoms with Gasteiger partial charge in [0.05, 0.1) is 28.7 Å². The van der Waals surface area contributed by atoms with Gasteiger partial charge in [-0.2, -0.15) is 0 Å². The van der Waals surface area contributed by atoms with E-state index in [0.717, 1.165) is 42.9 Å². The number of amides is 4. The lowest BCUT2D eigenvalue weighted by atomic mass is 10.0. The van der Waals surface area contributed by atoms with Gasteiger partial charge in [0.1, 0.15) is 47.8 Å². The molecule has 2 aliphatic heterocycles. The van der Waals surface area contributed by atoms with Crippen molar-refractivity contribution in [3.63, 3.8) is 0 Å². The van der Waals surface area contributed by atoms with Gasteiger partial charge in [0.2, 0.25) is 23.6 Å². The molecule has 72 heavy (non-hydrogen) atoms. The number of carbonyl (C=O) groups is 4. The normalized spacial score (nSPS) is 13.3. The summed E-state index contributed by atoms with van der Waals surface area (Å²) in [7, 11) is -7.10. The summed E-state index contributed by atoms with van der Waals surface area (Å²) in [4.78, 5) is 106. The molecule has 24 heteroatoms. The van der Waals surface area contributed by atoms with Crippen molar-refractivity contribution in [1.82, 2.24) is 32.1 Å². The summed E-state index contributed by atoms with van der Waals surface area (Å²) < 4.78 is 41.8. The SMILES string of the molecule is C.C.Cc1c(CN(C)C(=O)/C=C/c2cnc3c(c2)CCC(=O)N3COP(=O)([O-])[O-])oc2ccccc12.Cc1c(CN(C)C(=O)/C=C/c2cnc3c(c2)CCC(=O)N3COP(=O)([O-])[O-])oc2ccccc12.[NH4+].[NH4+]. The summed E-state index contributed by atoms with van der Waals surface area (Å²) in [6, 6.07) is 18.9. The minimum absolute atomic E-state index is 0. The number of quaternary nitrogens is 2. The monoisotopic (exact) mass is 1030 g/mol. The van der Waals surface area contributed by atoms with Gasteiger partial charge in [-0.25, -0.2) is 9.97 Å². The third kappa shape index (κ3) is 14.7. The molecule has 0 saturated carbocycles. The molecule has 0 saturated heterocycles. The number of anilines is 2. The van der Waals surface area contributed by atoms with Crippen LogP contribution in [-0.2, 0) is 63.3 Å². The number of hydrogen-bond acceptors (Lipinski definition) is 16. The van der Waals surface area contributed by atoms with E-state index in [1.165, 1.54) is 34.3 Å². The van der Waals surface area contributed by atoms with Gasteiger partial charge in [0, 0.05) is 73.4 Å². The Kier molecular flexibility index (Phi) is 20.8. The number of phosphoric acid groups is 2. The smallest absolute Gasteiger partial charge is 0.246 e. The predicted molar refractivity (Wildman–Crippen MR) is 266 cm³/mol. The number of carbonyl (C=O) groups excluding carboxylic acids is 4. The van der Waals surface area contributed by atoms with Crippen LogP contribution in [0.4, 0.5) is 11.6 Å². The van der Waals surface area contributed by atoms with Crippen LogP contribution in [0, 0.1) is 13.8 Å². The Hall–Kier alpha value is -6.68. The Balaban J connectivity index is 0.000000360. The molecule has 0 bridgehead atoms. The molecule has 8 rings (SSSR count). The van der Waals surface area contributed by atoms with Crippen molar-refractivity contribution < 1.29 is 65.8 Å². The second-order valence-corrected chi connectivity index (χ2v) is 18.2. The molecule has 2 aliphatic rings. The number of aromatic nitrogens is 2. The fraction of sp³-hybridized carbons (Fsp3) is 0.292. The summed E-state index contributed by atoms with van der Waals surface area (Å²) >= 11 is 0. The minimum Gasteiger partial charge on any atom is -0.790 e. The summed E-state index contributed by atoms with van der Waals surface area (Å²) in [5.41, 5.74) is 6.16. The van der Waals surface area contributed by atoms with Gasteiger partial charge in [0.25, 0.3) is 0 Å². The topological polar surface area (TPSA) is 351 Å². The van der Waals surface area contributed by atoms with E-state index in [9.17, 15) is 47.9 Å². The standard InChI is InChI=1S/2C23H24N3O7P.2CH4.2H3N/c2*1-15-18-5-3-4-6-19(18)33-20(15)13-25(2)21(27)9-7-16-11-17-8-10-22(28)26(23(17)24-12-16)14-32-34(29,30)31;;;;/h2*3-7,9,11-12H,8,10,13-14H2,1-2H3,(H2,29,30,31);2*1H4;2*1H3/p-2/b2*9-7+;;;;. The minimum atomic E-state index is -5.23. The molecule has 0 spiro atoms. The van der Waals surface area contributed by atoms with Crippen LogP contribution in [0.3, 0.4) is 0 Å². The number of para-hydroxylation sites is 2. The first kappa shape index (κ1) is 59.6. The zero-order valence-electron chi connectivity index (χ0n) is 39.2. The Labute approximate surface area is 416 Å². The molecule has 22 nitrogen and oxygen atoms in total. The number of hydrogen-bond donors (Lipinski definition) is 2. The molecular weight excluding hydrogens is 975 g/mol. The fourth-order valence-corrected chi connectivity index (χ4v) is 8.03. The van der Waals surface area contributed by atoms with Crippen molar-refractivity contribution in [1.29, 1.82) is 0 Å². The molecule has 4 amide bonds. The molecule has 0 atom stereocenters. The number of phosphoric ester groups is 2. The van der Waals surface area contributed by atoms with Gasteiger partial charge in [-0.3, -0.25) is 29.0 Å². The van der Waals surface area contributed by atoms with Crippen LogP contribution in [0.2, 0.25) is 0 Å². The average Bonchev–Trinajstić information content (AvgIpc) is 3.79. The van der Waals surface area contributed by atoms with Crippen molar-refractivity contribution in [3.8, 4) is 0 Å². The van der Waals surface area contributed by atoms with E-state index >= 15 is 0 Å². The summed E-state index contributed by atoms with van der Waals surface area (Å²) in [5.74, 6) is 0.635. The van der Waals surface area contributed by atoms with E-state index in [1.807, 2.05) is 62.4 Å². The van der Waals surface area contributed by atoms with E-state index in [4.69, 9.17) is 8.83 Å². The largest absolute Gasteiger partial charge is 0.790 e. The number of aryl methyl sites for hydroxylation is 4. The van der Waals surface area contributed by atoms with Crippen LogP contribution >= 0.6 is 15.6 Å². The third-order valence-electron chi connectivity index (χ3n) is 11.2. The van der Waals surface area contributed by atoms with Gasteiger partial charge in [0.15, 0.2) is 0 Å². The second kappa shape index (κ2) is 25.1. The lowest BCUT2D eigenvalue weighted by Crippen LogP contribution is -2.38. The summed E-state index contributed by atoms with van der Waals surface area (Å²) in [5, 5.41) is 2.03. The molecule has 0 radical (unpaired) electrons. The zero-order chi connectivity index (χ0) is 48.9. The molecule has 2 aromatic carbocycles. The first-order chi connectivity index (χ1) is 32.2. The highest BCUT2D eigenvalue weighted by atomic mass is 31.2. The lowest BCUT2D eigenvalue weighted by Gasteiger charge is -2.34. The van der Waals surface area contributed by atoms with Crippen LogP contribution < -0.4 is 41.7 Å². The molecule has 6 heterocycles. The lowest BCUT2D eigenvalue weighted by molar-refractivity contribution is -0.343. The molecule has 4 aromatic heterocycles. The predicted octanol–water partition coefficient (Wildman–Crippen LogP) is 5.80. The first-order valence-electron chi connectivity index (χ1n) is 21.0. The Morgan fingerprint density at radius 1 is 0.653 bits per heavy atom. The highest BCUT2D eigenvalue weighted by Gasteiger charge is 2.27. The number of pyridine rings is 2. The van der Waals surface area contributed by atoms with Crippen LogP contribution in [0.5, 0.6) is 0 Å². The molecule has 388 valence electrons. The van der Waals surface area contributed by atoms with E-state index < -0.39 is 40.9 Å². The van der Waals surface area contributed by atoms with E-state index in [0.29, 0.717) is 59.7 Å². The van der Waals surface area contributed by atoms with Gasteiger partial charge in [-0.05, 0) is 85.4 Å². The summed E-state index contributed by atoms with van der Waals surface area (Å²) in [6.45, 7) is 3.10. The highest BCUT2D eigenvalue weighted by molar-refractivity contribution is 7.43. The first-order valence-corrected chi connectivity index (χ1v) is 23.9. The quantitative estimate of drug-likeness (QED) is 0.0960. The third-order valence-corrected chi connectivity index (χ3v) is 12.0. The maximum Gasteiger partial charge on any atom is 0.246 e. The van der Waals surface area contributed by atoms with Crippen molar-refractivity contribution in [2.24, 2.45) is 0 Å². The van der Waals surface area contributed by atoms with Gasteiger partial charge in [-0.15, -0.1) is 0 Å². The van der Waals surface area contributed by atoms with Crippen LogP contribution in [0.15, 0.2) is 94.0 Å². The molecule has 6 aromatic rings. The Morgan fingerprint density at radius 3 is 1.36 bits per heavy atom. The average molecular weight is 1030 g/mol. The van der Waals surface area contributed by atoms with Gasteiger partial charge in [-0.1, -0.05) is 51.3 Å². The molecule has 8 N–H and O–H groups in total. The van der Waals surface area contributed by atoms with Crippen LogP contribution in [-0.4, -0.2) is 71.0 Å². The van der Waals surface area contributed by atoms with Crippen molar-refractivity contribution in [2.45, 2.75) is 67.5 Å². The number of nitrogens with zero attached hydrogens (tertiary/aromatic N) is 6. The molecule has 0 unspecified atom stereocenters.